The van der Waals surface area contributed by atoms with Gasteiger partial charge < -0.3 is 14.2 Å². The zero-order valence-electron chi connectivity index (χ0n) is 45.5. The van der Waals surface area contributed by atoms with E-state index in [4.69, 9.17) is 14.2 Å². The van der Waals surface area contributed by atoms with E-state index in [2.05, 4.69) is 130 Å². The van der Waals surface area contributed by atoms with Gasteiger partial charge in [-0.1, -0.05) is 246 Å². The second kappa shape index (κ2) is 57.6. The van der Waals surface area contributed by atoms with E-state index in [1.807, 2.05) is 0 Å². The maximum absolute atomic E-state index is 12.8. The summed E-state index contributed by atoms with van der Waals surface area (Å²) < 4.78 is 16.8. The van der Waals surface area contributed by atoms with E-state index < -0.39 is 6.10 Å². The Balaban J connectivity index is 4.31. The third-order valence-electron chi connectivity index (χ3n) is 12.0. The summed E-state index contributed by atoms with van der Waals surface area (Å²) in [5, 5.41) is 0. The summed E-state index contributed by atoms with van der Waals surface area (Å²) in [6, 6.07) is 0. The number of rotatable bonds is 51. The van der Waals surface area contributed by atoms with Crippen molar-refractivity contribution in [2.45, 2.75) is 264 Å². The third kappa shape index (κ3) is 55.0. The lowest BCUT2D eigenvalue weighted by atomic mass is 10.0. The number of hydrogen-bond donors (Lipinski definition) is 0. The lowest BCUT2D eigenvalue weighted by Crippen LogP contribution is -2.30. The molecule has 0 aliphatic carbocycles. The third-order valence-corrected chi connectivity index (χ3v) is 12.0. The van der Waals surface area contributed by atoms with E-state index in [1.165, 1.54) is 89.9 Å². The standard InChI is InChI=1S/C64H106O6/c1-4-7-10-13-16-19-22-25-26-27-28-29-30-31-32-33-34-35-36-37-38-40-42-45-48-51-54-57-63(66)69-60-61(59-68-62(65)56-53-50-47-44-41-24-21-18-15-12-9-6-3)70-64(67)58-55-52-49-46-43-39-23-20-17-14-11-8-5-2/h7-8,10-11,16-17,19-20,25-26,28-29,31-32,34-35,39,43,61H,4-6,9,12-15,18,21-24,27,30,33,36-38,40-42,44-60H2,1-3H3/b10-7-,11-8-,19-16-,20-17-,26-25-,29-28-,32-31-,35-34-,43-39-. The Morgan fingerprint density at radius 3 is 0.886 bits per heavy atom. The fourth-order valence-corrected chi connectivity index (χ4v) is 7.75. The van der Waals surface area contributed by atoms with Crippen molar-refractivity contribution in [3.05, 3.63) is 109 Å². The Morgan fingerprint density at radius 2 is 0.557 bits per heavy atom. The van der Waals surface area contributed by atoms with E-state index in [0.717, 1.165) is 128 Å². The fourth-order valence-electron chi connectivity index (χ4n) is 7.75. The summed E-state index contributed by atoms with van der Waals surface area (Å²) in [5.74, 6) is -0.930. The Hall–Kier alpha value is -3.93. The monoisotopic (exact) mass is 971 g/mol. The molecule has 0 N–H and O–H groups in total. The van der Waals surface area contributed by atoms with E-state index in [0.29, 0.717) is 19.3 Å². The van der Waals surface area contributed by atoms with E-state index in [1.54, 1.807) is 0 Å². The molecule has 1 atom stereocenters. The van der Waals surface area contributed by atoms with Crippen molar-refractivity contribution in [3.63, 3.8) is 0 Å². The molecule has 0 saturated heterocycles. The van der Waals surface area contributed by atoms with Crippen LogP contribution in [0.5, 0.6) is 0 Å². The minimum Gasteiger partial charge on any atom is -0.462 e. The van der Waals surface area contributed by atoms with Gasteiger partial charge in [0.2, 0.25) is 0 Å². The Labute approximate surface area is 431 Å². The van der Waals surface area contributed by atoms with Gasteiger partial charge in [0, 0.05) is 19.3 Å². The predicted octanol–water partition coefficient (Wildman–Crippen LogP) is 19.5. The van der Waals surface area contributed by atoms with Crippen LogP contribution in [0.2, 0.25) is 0 Å². The van der Waals surface area contributed by atoms with Crippen LogP contribution < -0.4 is 0 Å². The molecule has 0 radical (unpaired) electrons. The van der Waals surface area contributed by atoms with Crippen molar-refractivity contribution in [2.24, 2.45) is 0 Å². The highest BCUT2D eigenvalue weighted by Crippen LogP contribution is 2.15. The van der Waals surface area contributed by atoms with Gasteiger partial charge >= 0.3 is 17.9 Å². The maximum atomic E-state index is 12.8. The highest BCUT2D eigenvalue weighted by atomic mass is 16.6. The zero-order valence-corrected chi connectivity index (χ0v) is 45.5. The molecule has 0 amide bonds. The van der Waals surface area contributed by atoms with Crippen molar-refractivity contribution in [2.75, 3.05) is 13.2 Å². The van der Waals surface area contributed by atoms with Gasteiger partial charge in [0.1, 0.15) is 13.2 Å². The minimum absolute atomic E-state index is 0.0916. The summed E-state index contributed by atoms with van der Waals surface area (Å²) in [7, 11) is 0. The molecule has 0 fully saturated rings. The van der Waals surface area contributed by atoms with Crippen LogP contribution in [-0.4, -0.2) is 37.2 Å². The molecule has 0 spiro atoms. The van der Waals surface area contributed by atoms with Gasteiger partial charge in [-0.2, -0.15) is 0 Å². The van der Waals surface area contributed by atoms with Gasteiger partial charge in [-0.25, -0.2) is 0 Å². The number of hydrogen-bond acceptors (Lipinski definition) is 6. The molecule has 0 aliphatic rings. The number of unbranched alkanes of at least 4 members (excludes halogenated alkanes) is 22. The van der Waals surface area contributed by atoms with Crippen LogP contribution in [0.3, 0.4) is 0 Å². The number of carbonyl (C=O) groups excluding carboxylic acids is 3. The van der Waals surface area contributed by atoms with Crippen LogP contribution >= 0.6 is 0 Å². The summed E-state index contributed by atoms with van der Waals surface area (Å²) in [6.45, 7) is 6.38. The topological polar surface area (TPSA) is 78.9 Å². The summed E-state index contributed by atoms with van der Waals surface area (Å²) in [6.07, 6.45) is 78.0. The molecule has 0 aromatic carbocycles. The van der Waals surface area contributed by atoms with Crippen LogP contribution in [-0.2, 0) is 28.6 Å². The predicted molar refractivity (Wildman–Crippen MR) is 302 cm³/mol. The molecule has 0 aliphatic heterocycles. The molecule has 0 aromatic heterocycles. The molecule has 6 nitrogen and oxygen atoms in total. The highest BCUT2D eigenvalue weighted by Gasteiger charge is 2.19. The first-order valence-corrected chi connectivity index (χ1v) is 28.9. The quantitative estimate of drug-likeness (QED) is 0.0262. The Kier molecular flexibility index (Phi) is 54.4. The van der Waals surface area contributed by atoms with Crippen LogP contribution in [0.4, 0.5) is 0 Å². The van der Waals surface area contributed by atoms with Crippen molar-refractivity contribution in [3.8, 4) is 0 Å². The highest BCUT2D eigenvalue weighted by molar-refractivity contribution is 5.71. The maximum Gasteiger partial charge on any atom is 0.306 e. The number of allylic oxidation sites excluding steroid dienone is 18. The van der Waals surface area contributed by atoms with Gasteiger partial charge in [-0.05, 0) is 103 Å². The molecule has 1 unspecified atom stereocenters. The molecule has 70 heavy (non-hydrogen) atoms. The fraction of sp³-hybridized carbons (Fsp3) is 0.672. The molecular weight excluding hydrogens is 865 g/mol. The zero-order chi connectivity index (χ0) is 50.7. The number of esters is 3. The van der Waals surface area contributed by atoms with Crippen molar-refractivity contribution < 1.29 is 28.6 Å². The average Bonchev–Trinajstić information content (AvgIpc) is 3.36. The molecule has 0 bridgehead atoms. The smallest absolute Gasteiger partial charge is 0.306 e. The number of ether oxygens (including phenoxy) is 3. The van der Waals surface area contributed by atoms with Crippen LogP contribution in [0.1, 0.15) is 258 Å². The average molecular weight is 972 g/mol. The Morgan fingerprint density at radius 1 is 0.300 bits per heavy atom. The van der Waals surface area contributed by atoms with Gasteiger partial charge in [0.15, 0.2) is 6.10 Å². The van der Waals surface area contributed by atoms with Crippen LogP contribution in [0, 0.1) is 0 Å². The van der Waals surface area contributed by atoms with E-state index in [9.17, 15) is 14.4 Å². The second-order valence-corrected chi connectivity index (χ2v) is 18.8. The molecule has 0 saturated carbocycles. The molecule has 0 aromatic rings. The molecule has 6 heteroatoms. The lowest BCUT2D eigenvalue weighted by molar-refractivity contribution is -0.167. The summed E-state index contributed by atoms with van der Waals surface area (Å²) in [4.78, 5) is 38.1. The van der Waals surface area contributed by atoms with Crippen LogP contribution in [0.15, 0.2) is 109 Å². The lowest BCUT2D eigenvalue weighted by Gasteiger charge is -2.18. The first-order chi connectivity index (χ1) is 34.5. The second-order valence-electron chi connectivity index (χ2n) is 18.8. The molecule has 398 valence electrons. The first kappa shape index (κ1) is 66.1. The van der Waals surface area contributed by atoms with E-state index in [-0.39, 0.29) is 31.1 Å². The number of carbonyl (C=O) groups is 3. The Bertz CT molecular complexity index is 1440. The largest absolute Gasteiger partial charge is 0.462 e. The van der Waals surface area contributed by atoms with Gasteiger partial charge in [0.25, 0.3) is 0 Å². The molecular formula is C64H106O6. The van der Waals surface area contributed by atoms with Crippen molar-refractivity contribution in [1.29, 1.82) is 0 Å². The SMILES string of the molecule is CC/C=C\C/C=C\C/C=C\C/C=C\C/C=C\C/C=C\CCCCCCCCCCC(=O)OCC(COC(=O)CCCCCCCCCCCCCC)OC(=O)CCCCC/C=C\C/C=C\C/C=C\CC. The molecule has 0 rings (SSSR count). The normalized spacial score (nSPS) is 12.9. The van der Waals surface area contributed by atoms with Gasteiger partial charge in [0.05, 0.1) is 0 Å². The van der Waals surface area contributed by atoms with Crippen molar-refractivity contribution >= 4 is 17.9 Å². The minimum atomic E-state index is -0.796. The van der Waals surface area contributed by atoms with Crippen LogP contribution in [0.25, 0.3) is 0 Å². The van der Waals surface area contributed by atoms with E-state index >= 15 is 0 Å². The summed E-state index contributed by atoms with van der Waals surface area (Å²) >= 11 is 0. The van der Waals surface area contributed by atoms with Gasteiger partial charge in [-0.15, -0.1) is 0 Å². The van der Waals surface area contributed by atoms with Crippen molar-refractivity contribution in [1.82, 2.24) is 0 Å². The first-order valence-electron chi connectivity index (χ1n) is 28.9. The van der Waals surface area contributed by atoms with Gasteiger partial charge in [-0.3, -0.25) is 14.4 Å². The summed E-state index contributed by atoms with van der Waals surface area (Å²) in [5.41, 5.74) is 0. The molecule has 0 heterocycles.